The molecule has 8 nitrogen and oxygen atoms in total. The minimum atomic E-state index is -4.18. The van der Waals surface area contributed by atoms with Crippen LogP contribution in [-0.4, -0.2) is 50.4 Å². The van der Waals surface area contributed by atoms with Gasteiger partial charge in [0.25, 0.3) is 10.0 Å². The minimum absolute atomic E-state index is 0.0125. The summed E-state index contributed by atoms with van der Waals surface area (Å²) in [5.74, 6) is -0.293. The fraction of sp³-hybridized carbons (Fsp3) is 0.375. The van der Waals surface area contributed by atoms with E-state index in [1.807, 2.05) is 34.6 Å². The first-order valence-corrected chi connectivity index (χ1v) is 16.0. The van der Waals surface area contributed by atoms with Gasteiger partial charge in [0, 0.05) is 17.6 Å². The minimum Gasteiger partial charge on any atom is -0.494 e. The molecule has 0 saturated carbocycles. The van der Waals surface area contributed by atoms with Crippen LogP contribution in [0.25, 0.3) is 0 Å². The summed E-state index contributed by atoms with van der Waals surface area (Å²) in [5, 5.41) is 3.42. The van der Waals surface area contributed by atoms with E-state index in [2.05, 4.69) is 5.32 Å². The summed E-state index contributed by atoms with van der Waals surface area (Å²) in [5.41, 5.74) is 1.92. The van der Waals surface area contributed by atoms with E-state index in [4.69, 9.17) is 16.3 Å². The van der Waals surface area contributed by atoms with Gasteiger partial charge in [0.05, 0.1) is 17.2 Å². The predicted molar refractivity (Wildman–Crippen MR) is 167 cm³/mol. The van der Waals surface area contributed by atoms with Crippen molar-refractivity contribution in [3.8, 4) is 5.75 Å². The lowest BCUT2D eigenvalue weighted by atomic mass is 10.1. The number of aryl methyl sites for hydroxylation is 1. The number of ether oxygens (including phenoxy) is 1. The molecule has 0 heterocycles. The number of hydrogen-bond donors (Lipinski definition) is 1. The molecule has 0 aliphatic heterocycles. The van der Waals surface area contributed by atoms with Gasteiger partial charge in [-0.15, -0.1) is 0 Å². The Balaban J connectivity index is 2.06. The van der Waals surface area contributed by atoms with Crippen molar-refractivity contribution in [2.75, 3.05) is 17.5 Å². The summed E-state index contributed by atoms with van der Waals surface area (Å²) in [6.07, 6.45) is 1.05. The molecule has 1 N–H and O–H groups in total. The van der Waals surface area contributed by atoms with Crippen LogP contribution in [0, 0.1) is 6.92 Å². The second-order valence-corrected chi connectivity index (χ2v) is 12.4. The first-order chi connectivity index (χ1) is 20.0. The van der Waals surface area contributed by atoms with Gasteiger partial charge in [-0.2, -0.15) is 0 Å². The lowest BCUT2D eigenvalue weighted by molar-refractivity contribution is -0.140. The number of rotatable bonds is 14. The Morgan fingerprint density at radius 1 is 0.929 bits per heavy atom. The Kier molecular flexibility index (Phi) is 11.8. The first-order valence-electron chi connectivity index (χ1n) is 14.2. The summed E-state index contributed by atoms with van der Waals surface area (Å²) >= 11 is 6.46. The largest absolute Gasteiger partial charge is 0.494 e. The Labute approximate surface area is 254 Å². The summed E-state index contributed by atoms with van der Waals surface area (Å²) in [6, 6.07) is 19.2. The van der Waals surface area contributed by atoms with Crippen molar-refractivity contribution in [1.82, 2.24) is 10.2 Å². The van der Waals surface area contributed by atoms with E-state index < -0.39 is 28.5 Å². The van der Waals surface area contributed by atoms with Crippen LogP contribution in [0.5, 0.6) is 5.75 Å². The molecule has 0 aromatic heterocycles. The zero-order valence-electron chi connectivity index (χ0n) is 24.8. The van der Waals surface area contributed by atoms with Crippen LogP contribution in [0.1, 0.15) is 51.7 Å². The molecule has 0 aliphatic carbocycles. The molecular weight excluding hydrogens is 574 g/mol. The van der Waals surface area contributed by atoms with Gasteiger partial charge < -0.3 is 15.0 Å². The molecule has 0 radical (unpaired) electrons. The zero-order valence-corrected chi connectivity index (χ0v) is 26.4. The van der Waals surface area contributed by atoms with Crippen LogP contribution in [0.3, 0.4) is 0 Å². The molecule has 0 spiro atoms. The highest BCUT2D eigenvalue weighted by Crippen LogP contribution is 2.27. The molecule has 3 rings (SSSR count). The molecule has 3 aromatic rings. The zero-order chi connectivity index (χ0) is 30.9. The lowest BCUT2D eigenvalue weighted by Crippen LogP contribution is -2.53. The second kappa shape index (κ2) is 15.1. The summed E-state index contributed by atoms with van der Waals surface area (Å²) in [4.78, 5) is 29.0. The number of amides is 2. The van der Waals surface area contributed by atoms with E-state index in [-0.39, 0.29) is 23.4 Å². The van der Waals surface area contributed by atoms with Crippen LogP contribution in [0.4, 0.5) is 5.69 Å². The normalized spacial score (nSPS) is 12.7. The van der Waals surface area contributed by atoms with Crippen LogP contribution >= 0.6 is 11.6 Å². The SMILES string of the molecule is CCOc1ccc(S(=O)(=O)N(CC(=O)N(Cc2ccccc2Cl)[C@@H](CC)C(=O)N[C@@H](C)CC)c2ccc(C)cc2)cc1. The van der Waals surface area contributed by atoms with Crippen molar-refractivity contribution in [1.29, 1.82) is 0 Å². The van der Waals surface area contributed by atoms with E-state index >= 15 is 0 Å². The van der Waals surface area contributed by atoms with Crippen LogP contribution in [0.15, 0.2) is 77.7 Å². The molecule has 0 unspecified atom stereocenters. The number of carbonyl (C=O) groups excluding carboxylic acids is 2. The number of benzene rings is 3. The van der Waals surface area contributed by atoms with E-state index in [9.17, 15) is 18.0 Å². The van der Waals surface area contributed by atoms with Gasteiger partial charge in [0.15, 0.2) is 0 Å². The molecular formula is C32H40ClN3O5S. The highest BCUT2D eigenvalue weighted by atomic mass is 35.5. The molecule has 0 aliphatic rings. The highest BCUT2D eigenvalue weighted by molar-refractivity contribution is 7.92. The van der Waals surface area contributed by atoms with Gasteiger partial charge in [0.2, 0.25) is 11.8 Å². The number of nitrogens with one attached hydrogen (secondary N) is 1. The van der Waals surface area contributed by atoms with Gasteiger partial charge in [-0.3, -0.25) is 13.9 Å². The molecule has 42 heavy (non-hydrogen) atoms. The number of nitrogens with zero attached hydrogens (tertiary/aromatic N) is 2. The average molecular weight is 614 g/mol. The van der Waals surface area contributed by atoms with Gasteiger partial charge >= 0.3 is 0 Å². The van der Waals surface area contributed by atoms with E-state index in [1.54, 1.807) is 60.7 Å². The molecule has 10 heteroatoms. The molecule has 0 bridgehead atoms. The Morgan fingerprint density at radius 3 is 2.14 bits per heavy atom. The van der Waals surface area contributed by atoms with Crippen molar-refractivity contribution >= 4 is 39.1 Å². The molecule has 2 atom stereocenters. The molecule has 226 valence electrons. The fourth-order valence-corrected chi connectivity index (χ4v) is 6.02. The van der Waals surface area contributed by atoms with Crippen LogP contribution < -0.4 is 14.4 Å². The van der Waals surface area contributed by atoms with Crippen LogP contribution in [-0.2, 0) is 26.2 Å². The number of sulfonamides is 1. The quantitative estimate of drug-likeness (QED) is 0.242. The molecule has 0 fully saturated rings. The van der Waals surface area contributed by atoms with Crippen molar-refractivity contribution < 1.29 is 22.7 Å². The fourth-order valence-electron chi connectivity index (χ4n) is 4.41. The van der Waals surface area contributed by atoms with E-state index in [0.29, 0.717) is 35.1 Å². The Morgan fingerprint density at radius 2 is 1.57 bits per heavy atom. The standard InChI is InChI=1S/C32H40ClN3O5S/c1-6-24(5)34-32(38)30(7-2)35(21-25-11-9-10-12-29(25)33)31(37)22-36(26-15-13-23(4)14-16-26)42(39,40)28-19-17-27(18-20-28)41-8-3/h9-20,24,30H,6-8,21-22H2,1-5H3,(H,34,38)/t24-,30-/m0/s1. The van der Waals surface area contributed by atoms with Crippen molar-refractivity contribution in [2.24, 2.45) is 0 Å². The topological polar surface area (TPSA) is 96.0 Å². The highest BCUT2D eigenvalue weighted by Gasteiger charge is 2.34. The second-order valence-electron chi connectivity index (χ2n) is 10.1. The Bertz CT molecular complexity index is 1450. The molecule has 2 amide bonds. The van der Waals surface area contributed by atoms with Gasteiger partial charge in [-0.1, -0.05) is 61.3 Å². The maximum atomic E-state index is 14.2. The van der Waals surface area contributed by atoms with Crippen molar-refractivity contribution in [2.45, 2.75) is 71.0 Å². The maximum absolute atomic E-state index is 14.2. The number of anilines is 1. The summed E-state index contributed by atoms with van der Waals surface area (Å²) in [6.45, 7) is 9.38. The smallest absolute Gasteiger partial charge is 0.264 e. The number of hydrogen-bond acceptors (Lipinski definition) is 5. The third-order valence-electron chi connectivity index (χ3n) is 7.01. The average Bonchev–Trinajstić information content (AvgIpc) is 2.97. The van der Waals surface area contributed by atoms with E-state index in [1.165, 1.54) is 17.0 Å². The van der Waals surface area contributed by atoms with Gasteiger partial charge in [-0.25, -0.2) is 8.42 Å². The van der Waals surface area contributed by atoms with Gasteiger partial charge in [0.1, 0.15) is 18.3 Å². The molecule has 3 aromatic carbocycles. The number of carbonyl (C=O) groups is 2. The third kappa shape index (κ3) is 8.26. The monoisotopic (exact) mass is 613 g/mol. The lowest BCUT2D eigenvalue weighted by Gasteiger charge is -2.34. The van der Waals surface area contributed by atoms with Crippen LogP contribution in [0.2, 0.25) is 5.02 Å². The first kappa shape index (κ1) is 32.9. The third-order valence-corrected chi connectivity index (χ3v) is 9.17. The number of halogens is 1. The van der Waals surface area contributed by atoms with Gasteiger partial charge in [-0.05, 0) is 81.6 Å². The predicted octanol–water partition coefficient (Wildman–Crippen LogP) is 5.96. The Hall–Kier alpha value is -3.56. The van der Waals surface area contributed by atoms with E-state index in [0.717, 1.165) is 16.3 Å². The van der Waals surface area contributed by atoms with Crippen molar-refractivity contribution in [3.63, 3.8) is 0 Å². The maximum Gasteiger partial charge on any atom is 0.264 e. The summed E-state index contributed by atoms with van der Waals surface area (Å²) < 4.78 is 34.6. The summed E-state index contributed by atoms with van der Waals surface area (Å²) in [7, 11) is -4.18. The molecule has 0 saturated heterocycles. The van der Waals surface area contributed by atoms with Crippen molar-refractivity contribution in [3.05, 3.63) is 88.9 Å².